The lowest BCUT2D eigenvalue weighted by Gasteiger charge is -2.45. The number of methoxy groups -OCH3 is 1. The number of aliphatic hydroxyl groups is 3. The molecule has 0 aromatic heterocycles. The largest absolute Gasteiger partial charge is 0.472 e. The van der Waals surface area contributed by atoms with Gasteiger partial charge < -0.3 is 39.0 Å². The Balaban J connectivity index is 1.72. The molecule has 5 aliphatic rings. The van der Waals surface area contributed by atoms with E-state index in [0.717, 1.165) is 6.08 Å². The van der Waals surface area contributed by atoms with E-state index in [4.69, 9.17) is 23.7 Å². The van der Waals surface area contributed by atoms with Gasteiger partial charge in [0.1, 0.15) is 12.2 Å². The van der Waals surface area contributed by atoms with Gasteiger partial charge in [-0.3, -0.25) is 24.5 Å². The van der Waals surface area contributed by atoms with Crippen molar-refractivity contribution in [3.05, 3.63) is 36.4 Å². The number of Topliss-reactive ketones (excluding diaryl/α,β-unsaturated/α-hetero) is 1. The highest BCUT2D eigenvalue weighted by Crippen LogP contribution is 2.49. The van der Waals surface area contributed by atoms with E-state index in [2.05, 4.69) is 5.32 Å². The third-order valence-corrected chi connectivity index (χ3v) is 10.9. The molecule has 4 aliphatic heterocycles. The Morgan fingerprint density at radius 1 is 0.898 bits per heavy atom. The normalized spacial score (nSPS) is 45.2. The Morgan fingerprint density at radius 3 is 2.20 bits per heavy atom. The van der Waals surface area contributed by atoms with Gasteiger partial charge in [-0.15, -0.1) is 0 Å². The Kier molecular flexibility index (Phi) is 12.2. The number of ether oxygens (including phenoxy) is 5. The first kappa shape index (κ1) is 38.7. The van der Waals surface area contributed by atoms with E-state index in [1.165, 1.54) is 27.2 Å². The van der Waals surface area contributed by atoms with Gasteiger partial charge in [-0.05, 0) is 12.5 Å². The van der Waals surface area contributed by atoms with Crippen molar-refractivity contribution in [3.8, 4) is 0 Å². The van der Waals surface area contributed by atoms with Crippen LogP contribution in [-0.2, 0) is 42.9 Å². The number of hydrogen-bond acceptors (Lipinski definition) is 12. The summed E-state index contributed by atoms with van der Waals surface area (Å²) in [4.78, 5) is 52.8. The lowest BCUT2D eigenvalue weighted by atomic mass is 9.66. The van der Waals surface area contributed by atoms with E-state index in [1.54, 1.807) is 59.8 Å². The number of carbonyl (C=O) groups is 4. The van der Waals surface area contributed by atoms with E-state index in [1.807, 2.05) is 0 Å². The maximum atomic E-state index is 13.9. The fraction of sp³-hybridized carbons (Fsp3) is 0.722. The van der Waals surface area contributed by atoms with Crippen LogP contribution in [-0.4, -0.2) is 94.4 Å². The van der Waals surface area contributed by atoms with Crippen molar-refractivity contribution in [1.29, 1.82) is 0 Å². The molecule has 0 aromatic carbocycles. The molecule has 13 nitrogen and oxygen atoms in total. The summed E-state index contributed by atoms with van der Waals surface area (Å²) < 4.78 is 29.5. The van der Waals surface area contributed by atoms with Crippen molar-refractivity contribution in [2.24, 2.45) is 47.3 Å². The van der Waals surface area contributed by atoms with Crippen LogP contribution in [0.5, 0.6) is 0 Å². The molecule has 49 heavy (non-hydrogen) atoms. The molecule has 13 heteroatoms. The second-order valence-corrected chi connectivity index (χ2v) is 14.5. The molecule has 2 fully saturated rings. The second-order valence-electron chi connectivity index (χ2n) is 14.5. The average molecular weight is 692 g/mol. The van der Waals surface area contributed by atoms with Crippen LogP contribution in [0.3, 0.4) is 0 Å². The van der Waals surface area contributed by atoms with Crippen LogP contribution in [0.25, 0.3) is 0 Å². The van der Waals surface area contributed by atoms with Crippen molar-refractivity contribution < 1.29 is 58.2 Å². The van der Waals surface area contributed by atoms with Crippen LogP contribution in [0.15, 0.2) is 36.4 Å². The first-order valence-electron chi connectivity index (χ1n) is 17.1. The van der Waals surface area contributed by atoms with Crippen LogP contribution < -0.4 is 5.32 Å². The standard InChI is InChI=1S/C36H53NO12/c1-16-11-10-12-17(2)35(44)37-25-15-23(39)26-27-32(21(6)30(42)33(26)48-25)49-36(8,34(27)43)46-14-13-24(45-9)18(3)31(47-22(7)38)20(5)29(41)19(4)28(16)40/h10-11,13-21,24,26-33,40-42H,12H2,1-9H3,(H,37,44). The van der Waals surface area contributed by atoms with Crippen LogP contribution in [0.1, 0.15) is 61.8 Å². The monoisotopic (exact) mass is 691 g/mol. The van der Waals surface area contributed by atoms with E-state index < -0.39 is 119 Å². The Morgan fingerprint density at radius 2 is 1.57 bits per heavy atom. The Hall–Kier alpha value is -3.10. The molecule has 1 aliphatic carbocycles. The van der Waals surface area contributed by atoms with Gasteiger partial charge in [0.05, 0.1) is 48.6 Å². The minimum atomic E-state index is -1.81. The highest BCUT2D eigenvalue weighted by molar-refractivity contribution is 6.01. The molecule has 0 spiro atoms. The molecule has 0 radical (unpaired) electrons. The molecule has 1 saturated carbocycles. The fourth-order valence-electron chi connectivity index (χ4n) is 7.70. The first-order valence-corrected chi connectivity index (χ1v) is 17.1. The molecule has 1 amide bonds. The predicted octanol–water partition coefficient (Wildman–Crippen LogP) is 2.18. The number of amides is 1. The molecule has 4 heterocycles. The number of fused-ring (bicyclic) bond motifs is 15. The number of aliphatic hydroxyl groups excluding tert-OH is 3. The molecule has 1 saturated heterocycles. The maximum absolute atomic E-state index is 13.9. The minimum absolute atomic E-state index is 0.105. The van der Waals surface area contributed by atoms with Gasteiger partial charge in [0, 0.05) is 62.5 Å². The van der Waals surface area contributed by atoms with Crippen molar-refractivity contribution >= 4 is 23.4 Å². The molecular formula is C36H53NO12. The zero-order valence-electron chi connectivity index (χ0n) is 29.8. The van der Waals surface area contributed by atoms with Gasteiger partial charge >= 0.3 is 5.97 Å². The summed E-state index contributed by atoms with van der Waals surface area (Å²) in [6, 6.07) is 0. The Labute approximate surface area is 288 Å². The zero-order valence-corrected chi connectivity index (χ0v) is 29.8. The van der Waals surface area contributed by atoms with Gasteiger partial charge in [-0.1, -0.05) is 53.7 Å². The lowest BCUT2D eigenvalue weighted by molar-refractivity contribution is -0.213. The van der Waals surface area contributed by atoms with Crippen LogP contribution >= 0.6 is 0 Å². The highest BCUT2D eigenvalue weighted by Gasteiger charge is 2.65. The molecule has 16 atom stereocenters. The summed E-state index contributed by atoms with van der Waals surface area (Å²) in [5.41, 5.74) is 0. The van der Waals surface area contributed by atoms with Gasteiger partial charge in [-0.25, -0.2) is 0 Å². The van der Waals surface area contributed by atoms with Crippen molar-refractivity contribution in [1.82, 2.24) is 5.32 Å². The van der Waals surface area contributed by atoms with E-state index in [-0.39, 0.29) is 5.88 Å². The number of hydrogen-bond donors (Lipinski definition) is 4. The van der Waals surface area contributed by atoms with Gasteiger partial charge in [0.25, 0.3) is 5.79 Å². The summed E-state index contributed by atoms with van der Waals surface area (Å²) in [5, 5.41) is 36.5. The number of nitrogens with one attached hydrogen (secondary N) is 1. The predicted molar refractivity (Wildman–Crippen MR) is 175 cm³/mol. The van der Waals surface area contributed by atoms with E-state index in [0.29, 0.717) is 6.42 Å². The maximum Gasteiger partial charge on any atom is 0.302 e. The van der Waals surface area contributed by atoms with Crippen LogP contribution in [0.4, 0.5) is 0 Å². The van der Waals surface area contributed by atoms with Gasteiger partial charge in [0.15, 0.2) is 11.7 Å². The Bertz CT molecular complexity index is 1340. The molecule has 5 bridgehead atoms. The van der Waals surface area contributed by atoms with Crippen molar-refractivity contribution in [3.63, 3.8) is 0 Å². The van der Waals surface area contributed by atoms with Crippen molar-refractivity contribution in [2.75, 3.05) is 7.11 Å². The van der Waals surface area contributed by atoms with Crippen LogP contribution in [0.2, 0.25) is 0 Å². The zero-order chi connectivity index (χ0) is 36.5. The summed E-state index contributed by atoms with van der Waals surface area (Å²) in [7, 11) is 1.46. The average Bonchev–Trinajstić information content (AvgIpc) is 3.31. The number of rotatable bonds is 2. The number of esters is 1. The van der Waals surface area contributed by atoms with Gasteiger partial charge in [0.2, 0.25) is 11.7 Å². The summed E-state index contributed by atoms with van der Waals surface area (Å²) >= 11 is 0. The fourth-order valence-corrected chi connectivity index (χ4v) is 7.70. The topological polar surface area (TPSA) is 187 Å². The molecule has 0 aromatic rings. The third-order valence-electron chi connectivity index (χ3n) is 10.9. The third kappa shape index (κ3) is 7.80. The smallest absolute Gasteiger partial charge is 0.302 e. The SMILES string of the molecule is COC1C=COC2(C)OC3C(C)C(O)C4OC(=CC(=O)C4C3C2=O)NC(=O)C(C)CC=CC(C)C(O)C(C)C(O)C(C)C(OC(C)=O)C1C. The summed E-state index contributed by atoms with van der Waals surface area (Å²) in [6.07, 6.45) is 1.03. The molecule has 4 N–H and O–H groups in total. The quantitative estimate of drug-likeness (QED) is 0.245. The number of ketones is 2. The van der Waals surface area contributed by atoms with E-state index >= 15 is 0 Å². The van der Waals surface area contributed by atoms with E-state index in [9.17, 15) is 34.5 Å². The molecular weight excluding hydrogens is 638 g/mol. The summed E-state index contributed by atoms with van der Waals surface area (Å²) in [6.45, 7) is 13.2. The van der Waals surface area contributed by atoms with Gasteiger partial charge in [-0.2, -0.15) is 0 Å². The second kappa shape index (κ2) is 15.4. The molecule has 274 valence electrons. The van der Waals surface area contributed by atoms with Crippen molar-refractivity contribution in [2.45, 2.75) is 110 Å². The highest BCUT2D eigenvalue weighted by atomic mass is 16.7. The van der Waals surface area contributed by atoms with Crippen LogP contribution in [0, 0.1) is 47.3 Å². The first-order chi connectivity index (χ1) is 22.9. The molecule has 5 rings (SSSR count). The number of carbonyl (C=O) groups excluding carboxylic acids is 4. The number of allylic oxidation sites excluding steroid dienone is 2. The minimum Gasteiger partial charge on any atom is -0.472 e. The lowest BCUT2D eigenvalue weighted by Crippen LogP contribution is -2.59. The summed E-state index contributed by atoms with van der Waals surface area (Å²) in [5.74, 6) is -9.29. The molecule has 16 unspecified atom stereocenters.